The standard InChI is InChI=1S/C16H22O5/c1-3-9-19-16-14(18)15(13(17)11(2)21-16)20-10-12-7-5-4-6-8-12/h3-8,11,13-18H,1,9-10H2,2H3/t11-,13+,14?,15?,16+/m1/s1. The van der Waals surface area contributed by atoms with Crippen molar-refractivity contribution >= 4 is 0 Å². The normalized spacial score (nSPS) is 32.8. The van der Waals surface area contributed by atoms with Gasteiger partial charge in [0.15, 0.2) is 6.29 Å². The lowest BCUT2D eigenvalue weighted by atomic mass is 9.99. The van der Waals surface area contributed by atoms with Gasteiger partial charge in [0.2, 0.25) is 0 Å². The smallest absolute Gasteiger partial charge is 0.186 e. The lowest BCUT2D eigenvalue weighted by Gasteiger charge is -2.41. The van der Waals surface area contributed by atoms with Crippen LogP contribution < -0.4 is 0 Å². The van der Waals surface area contributed by atoms with Crippen LogP contribution in [0.2, 0.25) is 0 Å². The fourth-order valence-electron chi connectivity index (χ4n) is 2.26. The predicted octanol–water partition coefficient (Wildman–Crippen LogP) is 1.24. The second-order valence-corrected chi connectivity index (χ2v) is 5.07. The summed E-state index contributed by atoms with van der Waals surface area (Å²) in [4.78, 5) is 0. The Balaban J connectivity index is 1.98. The van der Waals surface area contributed by atoms with E-state index >= 15 is 0 Å². The summed E-state index contributed by atoms with van der Waals surface area (Å²) in [6.07, 6.45) is -2.46. The van der Waals surface area contributed by atoms with Crippen LogP contribution in [0.4, 0.5) is 0 Å². The number of benzene rings is 1. The first-order chi connectivity index (χ1) is 10.1. The molecule has 0 aliphatic carbocycles. The fraction of sp³-hybridized carbons (Fsp3) is 0.500. The molecule has 2 unspecified atom stereocenters. The van der Waals surface area contributed by atoms with Gasteiger partial charge in [0.1, 0.15) is 18.3 Å². The van der Waals surface area contributed by atoms with E-state index in [0.717, 1.165) is 5.56 Å². The summed E-state index contributed by atoms with van der Waals surface area (Å²) in [5.41, 5.74) is 0.972. The van der Waals surface area contributed by atoms with Crippen molar-refractivity contribution in [2.75, 3.05) is 6.61 Å². The Labute approximate surface area is 124 Å². The van der Waals surface area contributed by atoms with E-state index in [1.54, 1.807) is 13.0 Å². The van der Waals surface area contributed by atoms with E-state index in [4.69, 9.17) is 14.2 Å². The maximum absolute atomic E-state index is 10.3. The monoisotopic (exact) mass is 294 g/mol. The summed E-state index contributed by atoms with van der Waals surface area (Å²) in [6, 6.07) is 9.59. The van der Waals surface area contributed by atoms with Crippen LogP contribution >= 0.6 is 0 Å². The quantitative estimate of drug-likeness (QED) is 0.773. The molecular weight excluding hydrogens is 272 g/mol. The third kappa shape index (κ3) is 4.12. The average Bonchev–Trinajstić information content (AvgIpc) is 2.50. The van der Waals surface area contributed by atoms with Crippen LogP contribution in [-0.4, -0.2) is 47.5 Å². The molecule has 116 valence electrons. The number of rotatable bonds is 6. The highest BCUT2D eigenvalue weighted by Crippen LogP contribution is 2.25. The molecule has 5 atom stereocenters. The lowest BCUT2D eigenvalue weighted by Crippen LogP contribution is -2.58. The second-order valence-electron chi connectivity index (χ2n) is 5.07. The third-order valence-electron chi connectivity index (χ3n) is 3.45. The van der Waals surface area contributed by atoms with Crippen molar-refractivity contribution < 1.29 is 24.4 Å². The Morgan fingerprint density at radius 1 is 1.19 bits per heavy atom. The van der Waals surface area contributed by atoms with E-state index in [9.17, 15) is 10.2 Å². The predicted molar refractivity (Wildman–Crippen MR) is 77.5 cm³/mol. The minimum atomic E-state index is -1.06. The molecule has 1 heterocycles. The van der Waals surface area contributed by atoms with Crippen molar-refractivity contribution in [2.24, 2.45) is 0 Å². The van der Waals surface area contributed by atoms with Gasteiger partial charge in [-0.05, 0) is 12.5 Å². The van der Waals surface area contributed by atoms with Crippen molar-refractivity contribution in [1.29, 1.82) is 0 Å². The van der Waals surface area contributed by atoms with Gasteiger partial charge in [-0.15, -0.1) is 6.58 Å². The maximum Gasteiger partial charge on any atom is 0.186 e. The van der Waals surface area contributed by atoms with Crippen LogP contribution in [0.15, 0.2) is 43.0 Å². The largest absolute Gasteiger partial charge is 0.388 e. The van der Waals surface area contributed by atoms with Gasteiger partial charge in [-0.3, -0.25) is 0 Å². The Kier molecular flexibility index (Phi) is 5.90. The van der Waals surface area contributed by atoms with Crippen molar-refractivity contribution in [3.63, 3.8) is 0 Å². The zero-order valence-electron chi connectivity index (χ0n) is 12.1. The van der Waals surface area contributed by atoms with Gasteiger partial charge < -0.3 is 24.4 Å². The van der Waals surface area contributed by atoms with Gasteiger partial charge in [0, 0.05) is 0 Å². The molecule has 1 aromatic rings. The van der Waals surface area contributed by atoms with Gasteiger partial charge in [-0.1, -0.05) is 36.4 Å². The summed E-state index contributed by atoms with van der Waals surface area (Å²) in [7, 11) is 0. The summed E-state index contributed by atoms with van der Waals surface area (Å²) in [5, 5.41) is 20.4. The first kappa shape index (κ1) is 16.1. The van der Waals surface area contributed by atoms with Crippen LogP contribution in [0.3, 0.4) is 0 Å². The Morgan fingerprint density at radius 2 is 1.90 bits per heavy atom. The first-order valence-corrected chi connectivity index (χ1v) is 7.03. The van der Waals surface area contributed by atoms with E-state index < -0.39 is 30.7 Å². The van der Waals surface area contributed by atoms with E-state index in [1.165, 1.54) is 0 Å². The third-order valence-corrected chi connectivity index (χ3v) is 3.45. The van der Waals surface area contributed by atoms with E-state index in [1.807, 2.05) is 30.3 Å². The van der Waals surface area contributed by atoms with Crippen molar-refractivity contribution in [2.45, 2.75) is 44.2 Å². The van der Waals surface area contributed by atoms with E-state index in [-0.39, 0.29) is 6.61 Å². The van der Waals surface area contributed by atoms with Crippen LogP contribution in [0.5, 0.6) is 0 Å². The highest BCUT2D eigenvalue weighted by atomic mass is 16.7. The molecule has 0 saturated carbocycles. The van der Waals surface area contributed by atoms with Gasteiger partial charge in [0.05, 0.1) is 19.3 Å². The Morgan fingerprint density at radius 3 is 2.57 bits per heavy atom. The molecule has 0 spiro atoms. The summed E-state index contributed by atoms with van der Waals surface area (Å²) < 4.78 is 16.5. The molecule has 21 heavy (non-hydrogen) atoms. The number of ether oxygens (including phenoxy) is 3. The average molecular weight is 294 g/mol. The highest BCUT2D eigenvalue weighted by molar-refractivity contribution is 5.13. The highest BCUT2D eigenvalue weighted by Gasteiger charge is 2.44. The molecule has 5 heteroatoms. The first-order valence-electron chi connectivity index (χ1n) is 7.03. The zero-order valence-corrected chi connectivity index (χ0v) is 12.1. The molecule has 2 rings (SSSR count). The van der Waals surface area contributed by atoms with Crippen molar-refractivity contribution in [3.8, 4) is 0 Å². The topological polar surface area (TPSA) is 68.2 Å². The molecule has 5 nitrogen and oxygen atoms in total. The minimum Gasteiger partial charge on any atom is -0.388 e. The fourth-order valence-corrected chi connectivity index (χ4v) is 2.26. The molecule has 0 bridgehead atoms. The molecule has 2 N–H and O–H groups in total. The zero-order chi connectivity index (χ0) is 15.2. The molecule has 1 aliphatic rings. The van der Waals surface area contributed by atoms with Crippen LogP contribution in [0.25, 0.3) is 0 Å². The Hall–Kier alpha value is -1.24. The van der Waals surface area contributed by atoms with E-state index in [0.29, 0.717) is 6.61 Å². The Bertz CT molecular complexity index is 436. The summed E-state index contributed by atoms with van der Waals surface area (Å²) in [6.45, 7) is 5.84. The number of aliphatic hydroxyl groups excluding tert-OH is 2. The van der Waals surface area contributed by atoms with Crippen LogP contribution in [-0.2, 0) is 20.8 Å². The molecule has 1 aromatic carbocycles. The molecule has 0 radical (unpaired) electrons. The minimum absolute atomic E-state index is 0.260. The van der Waals surface area contributed by atoms with Gasteiger partial charge in [-0.25, -0.2) is 0 Å². The number of hydrogen-bond acceptors (Lipinski definition) is 5. The van der Waals surface area contributed by atoms with Crippen LogP contribution in [0, 0.1) is 0 Å². The van der Waals surface area contributed by atoms with Gasteiger partial charge in [0.25, 0.3) is 0 Å². The van der Waals surface area contributed by atoms with Crippen molar-refractivity contribution in [3.05, 3.63) is 48.6 Å². The van der Waals surface area contributed by atoms with Crippen molar-refractivity contribution in [1.82, 2.24) is 0 Å². The maximum atomic E-state index is 10.3. The number of aliphatic hydroxyl groups is 2. The lowest BCUT2D eigenvalue weighted by molar-refractivity contribution is -0.299. The molecule has 0 amide bonds. The van der Waals surface area contributed by atoms with E-state index in [2.05, 4.69) is 6.58 Å². The van der Waals surface area contributed by atoms with Gasteiger partial charge in [-0.2, -0.15) is 0 Å². The molecule has 1 saturated heterocycles. The molecular formula is C16H22O5. The molecule has 1 fully saturated rings. The van der Waals surface area contributed by atoms with Gasteiger partial charge >= 0.3 is 0 Å². The summed E-state index contributed by atoms with van der Waals surface area (Å²) >= 11 is 0. The SMILES string of the molecule is C=CCO[C@H]1O[C@H](C)[C@H](O)C(OCc2ccccc2)C1O. The molecule has 1 aliphatic heterocycles. The second kappa shape index (κ2) is 7.68. The molecule has 0 aromatic heterocycles. The van der Waals surface area contributed by atoms with Crippen LogP contribution in [0.1, 0.15) is 12.5 Å². The summed E-state index contributed by atoms with van der Waals surface area (Å²) in [5.74, 6) is 0. The number of hydrogen-bond donors (Lipinski definition) is 2.